The van der Waals surface area contributed by atoms with E-state index >= 15 is 0 Å². The zero-order valence-electron chi connectivity index (χ0n) is 6.76. The van der Waals surface area contributed by atoms with Crippen molar-refractivity contribution in [2.75, 3.05) is 0 Å². The van der Waals surface area contributed by atoms with Gasteiger partial charge in [0.25, 0.3) is 0 Å². The number of carbonyl (C=O) groups is 1. The Balaban J connectivity index is 2.54. The maximum atomic E-state index is 10.9. The summed E-state index contributed by atoms with van der Waals surface area (Å²) in [5.74, 6) is 0.587. The van der Waals surface area contributed by atoms with Crippen LogP contribution >= 0.6 is 0 Å². The topological polar surface area (TPSA) is 26.3 Å². The van der Waals surface area contributed by atoms with Crippen LogP contribution in [0.4, 0.5) is 0 Å². The van der Waals surface area contributed by atoms with Gasteiger partial charge in [-0.2, -0.15) is 0 Å². The Kier molecular flexibility index (Phi) is 1.97. The van der Waals surface area contributed by atoms with Crippen LogP contribution < -0.4 is 0 Å². The Labute approximate surface area is 61.6 Å². The van der Waals surface area contributed by atoms with Crippen molar-refractivity contribution in [2.24, 2.45) is 11.8 Å². The molecular weight excluding hydrogens is 128 g/mol. The first-order valence-electron chi connectivity index (χ1n) is 3.81. The SMILES string of the molecule is C[C@H]1C[C@H](C)[C@@H](C)OC1=O. The molecule has 1 aliphatic heterocycles. The van der Waals surface area contributed by atoms with Crippen LogP contribution in [0.1, 0.15) is 27.2 Å². The van der Waals surface area contributed by atoms with Crippen LogP contribution in [-0.2, 0) is 9.53 Å². The molecule has 2 nitrogen and oxygen atoms in total. The minimum atomic E-state index is -0.0365. The van der Waals surface area contributed by atoms with Crippen molar-refractivity contribution in [3.8, 4) is 0 Å². The summed E-state index contributed by atoms with van der Waals surface area (Å²) in [6, 6.07) is 0. The van der Waals surface area contributed by atoms with Crippen molar-refractivity contribution in [2.45, 2.75) is 33.3 Å². The van der Waals surface area contributed by atoms with Crippen LogP contribution in [0.3, 0.4) is 0 Å². The highest BCUT2D eigenvalue weighted by molar-refractivity contribution is 5.72. The Bertz CT molecular complexity index is 142. The molecule has 0 N–H and O–H groups in total. The van der Waals surface area contributed by atoms with Gasteiger partial charge >= 0.3 is 5.97 Å². The zero-order valence-corrected chi connectivity index (χ0v) is 6.76. The van der Waals surface area contributed by atoms with Crippen LogP contribution in [0.5, 0.6) is 0 Å². The van der Waals surface area contributed by atoms with Crippen molar-refractivity contribution < 1.29 is 9.53 Å². The minimum absolute atomic E-state index is 0.0365. The van der Waals surface area contributed by atoms with Crippen LogP contribution in [-0.4, -0.2) is 12.1 Å². The minimum Gasteiger partial charge on any atom is -0.462 e. The predicted molar refractivity (Wildman–Crippen MR) is 38.5 cm³/mol. The third kappa shape index (κ3) is 1.31. The van der Waals surface area contributed by atoms with E-state index in [1.807, 2.05) is 13.8 Å². The third-order valence-corrected chi connectivity index (χ3v) is 2.23. The standard InChI is InChI=1S/C8H14O2/c1-5-4-6(2)8(9)10-7(5)3/h5-7H,4H2,1-3H3/t5-,6-,7+/m0/s1. The van der Waals surface area contributed by atoms with Gasteiger partial charge in [0.2, 0.25) is 0 Å². The summed E-state index contributed by atoms with van der Waals surface area (Å²) in [4.78, 5) is 10.9. The second-order valence-electron chi connectivity index (χ2n) is 3.26. The highest BCUT2D eigenvalue weighted by Crippen LogP contribution is 2.24. The summed E-state index contributed by atoms with van der Waals surface area (Å²) in [5.41, 5.74) is 0. The molecule has 0 unspecified atom stereocenters. The monoisotopic (exact) mass is 142 g/mol. The molecule has 0 aromatic carbocycles. The van der Waals surface area contributed by atoms with E-state index in [2.05, 4.69) is 6.92 Å². The van der Waals surface area contributed by atoms with Gasteiger partial charge in [-0.05, 0) is 19.3 Å². The average Bonchev–Trinajstić information content (AvgIpc) is 1.84. The molecule has 0 radical (unpaired) electrons. The summed E-state index contributed by atoms with van der Waals surface area (Å²) < 4.78 is 5.07. The molecule has 1 fully saturated rings. The van der Waals surface area contributed by atoms with Gasteiger partial charge in [-0.1, -0.05) is 13.8 Å². The number of cyclic esters (lactones) is 1. The Hall–Kier alpha value is -0.530. The maximum absolute atomic E-state index is 10.9. The first-order chi connectivity index (χ1) is 4.61. The average molecular weight is 142 g/mol. The fraction of sp³-hybridized carbons (Fsp3) is 0.875. The Morgan fingerprint density at radius 3 is 2.50 bits per heavy atom. The van der Waals surface area contributed by atoms with Crippen molar-refractivity contribution >= 4 is 5.97 Å². The van der Waals surface area contributed by atoms with Gasteiger partial charge in [-0.15, -0.1) is 0 Å². The smallest absolute Gasteiger partial charge is 0.308 e. The van der Waals surface area contributed by atoms with Crippen molar-refractivity contribution in [3.05, 3.63) is 0 Å². The van der Waals surface area contributed by atoms with E-state index in [-0.39, 0.29) is 18.0 Å². The van der Waals surface area contributed by atoms with Crippen LogP contribution in [0.15, 0.2) is 0 Å². The maximum Gasteiger partial charge on any atom is 0.308 e. The number of carbonyl (C=O) groups excluding carboxylic acids is 1. The lowest BCUT2D eigenvalue weighted by atomic mass is 9.91. The number of hydrogen-bond acceptors (Lipinski definition) is 2. The van der Waals surface area contributed by atoms with Gasteiger partial charge in [0, 0.05) is 0 Å². The van der Waals surface area contributed by atoms with Gasteiger partial charge in [0.05, 0.1) is 5.92 Å². The normalized spacial score (nSPS) is 41.1. The van der Waals surface area contributed by atoms with E-state index in [1.54, 1.807) is 0 Å². The molecule has 0 bridgehead atoms. The third-order valence-electron chi connectivity index (χ3n) is 2.23. The summed E-state index contributed by atoms with van der Waals surface area (Å²) in [7, 11) is 0. The van der Waals surface area contributed by atoms with E-state index in [0.717, 1.165) is 6.42 Å². The van der Waals surface area contributed by atoms with Gasteiger partial charge in [-0.3, -0.25) is 4.79 Å². The molecule has 1 saturated heterocycles. The van der Waals surface area contributed by atoms with Crippen molar-refractivity contribution in [3.63, 3.8) is 0 Å². The quantitative estimate of drug-likeness (QED) is 0.480. The summed E-state index contributed by atoms with van der Waals surface area (Å²) in [5, 5.41) is 0. The van der Waals surface area contributed by atoms with E-state index in [1.165, 1.54) is 0 Å². The molecule has 2 heteroatoms. The number of hydrogen-bond donors (Lipinski definition) is 0. The Morgan fingerprint density at radius 2 is 2.00 bits per heavy atom. The van der Waals surface area contributed by atoms with Gasteiger partial charge in [0.1, 0.15) is 6.10 Å². The molecule has 0 spiro atoms. The molecule has 1 heterocycles. The second kappa shape index (κ2) is 2.60. The molecule has 1 aliphatic rings. The summed E-state index contributed by atoms with van der Waals surface area (Å²) in [6.07, 6.45) is 1.09. The lowest BCUT2D eigenvalue weighted by Gasteiger charge is -2.29. The molecule has 0 saturated carbocycles. The molecule has 1 rings (SSSR count). The van der Waals surface area contributed by atoms with E-state index in [0.29, 0.717) is 5.92 Å². The molecule has 3 atom stereocenters. The number of ether oxygens (including phenoxy) is 1. The molecule has 0 aromatic heterocycles. The van der Waals surface area contributed by atoms with Gasteiger partial charge < -0.3 is 4.74 Å². The molecule has 10 heavy (non-hydrogen) atoms. The van der Waals surface area contributed by atoms with E-state index in [4.69, 9.17) is 4.74 Å². The van der Waals surface area contributed by atoms with Crippen molar-refractivity contribution in [1.82, 2.24) is 0 Å². The zero-order chi connectivity index (χ0) is 7.72. The molecule has 0 aromatic rings. The first-order valence-corrected chi connectivity index (χ1v) is 3.81. The summed E-state index contributed by atoms with van der Waals surface area (Å²) in [6.45, 7) is 5.99. The highest BCUT2D eigenvalue weighted by atomic mass is 16.5. The highest BCUT2D eigenvalue weighted by Gasteiger charge is 2.29. The molecule has 58 valence electrons. The molecular formula is C8H14O2. The lowest BCUT2D eigenvalue weighted by molar-refractivity contribution is -0.162. The predicted octanol–water partition coefficient (Wildman–Crippen LogP) is 1.59. The van der Waals surface area contributed by atoms with Crippen LogP contribution in [0, 0.1) is 11.8 Å². The van der Waals surface area contributed by atoms with Gasteiger partial charge in [-0.25, -0.2) is 0 Å². The largest absolute Gasteiger partial charge is 0.462 e. The van der Waals surface area contributed by atoms with E-state index < -0.39 is 0 Å². The number of esters is 1. The van der Waals surface area contributed by atoms with E-state index in [9.17, 15) is 4.79 Å². The Morgan fingerprint density at radius 1 is 1.40 bits per heavy atom. The fourth-order valence-corrected chi connectivity index (χ4v) is 1.26. The summed E-state index contributed by atoms with van der Waals surface area (Å²) >= 11 is 0. The fourth-order valence-electron chi connectivity index (χ4n) is 1.26. The molecule has 0 amide bonds. The lowest BCUT2D eigenvalue weighted by Crippen LogP contribution is -2.33. The first kappa shape index (κ1) is 7.58. The van der Waals surface area contributed by atoms with Crippen molar-refractivity contribution in [1.29, 1.82) is 0 Å². The van der Waals surface area contributed by atoms with Gasteiger partial charge in [0.15, 0.2) is 0 Å². The number of rotatable bonds is 0. The second-order valence-corrected chi connectivity index (χ2v) is 3.26. The molecule has 0 aliphatic carbocycles. The van der Waals surface area contributed by atoms with Crippen LogP contribution in [0.25, 0.3) is 0 Å². The van der Waals surface area contributed by atoms with Crippen LogP contribution in [0.2, 0.25) is 0 Å².